The van der Waals surface area contributed by atoms with Crippen LogP contribution >= 0.6 is 0 Å². The van der Waals surface area contributed by atoms with E-state index in [1.54, 1.807) is 0 Å². The lowest BCUT2D eigenvalue weighted by Gasteiger charge is -2.15. The summed E-state index contributed by atoms with van der Waals surface area (Å²) in [7, 11) is 0. The Morgan fingerprint density at radius 2 is 2.07 bits per heavy atom. The highest BCUT2D eigenvalue weighted by molar-refractivity contribution is 6.42. The number of hydrogen-bond donors (Lipinski definition) is 2. The first-order chi connectivity index (χ1) is 7.08. The fourth-order valence-electron chi connectivity index (χ4n) is 1.44. The van der Waals surface area contributed by atoms with Gasteiger partial charge in [0, 0.05) is 12.1 Å². The molecule has 1 heterocycles. The van der Waals surface area contributed by atoms with E-state index in [4.69, 9.17) is 5.11 Å². The summed E-state index contributed by atoms with van der Waals surface area (Å²) in [6.07, 6.45) is -0.0394. The zero-order valence-corrected chi connectivity index (χ0v) is 7.61. The predicted molar refractivity (Wildman–Crippen MR) is 50.7 cm³/mol. The summed E-state index contributed by atoms with van der Waals surface area (Å²) in [4.78, 5) is 32.7. The van der Waals surface area contributed by atoms with Gasteiger partial charge in [0.05, 0.1) is 5.56 Å². The lowest BCUT2D eigenvalue weighted by atomic mass is 10.00. The van der Waals surface area contributed by atoms with E-state index >= 15 is 0 Å². The second-order valence-electron chi connectivity index (χ2n) is 3.23. The molecule has 2 N–H and O–H groups in total. The molecule has 0 aromatic heterocycles. The molecule has 0 saturated carbocycles. The molecule has 1 aromatic carbocycles. The Labute approximate surface area is 84.7 Å². The molecule has 5 heteroatoms. The van der Waals surface area contributed by atoms with E-state index in [2.05, 4.69) is 5.32 Å². The predicted octanol–water partition coefficient (Wildman–Crippen LogP) is 0.448. The SMILES string of the molecule is O=C1Cc2cc(C(=O)O)ccc2NC1=O. The minimum Gasteiger partial charge on any atom is -0.478 e. The molecule has 1 amide bonds. The number of anilines is 1. The van der Waals surface area contributed by atoms with E-state index in [-0.39, 0.29) is 12.0 Å². The highest BCUT2D eigenvalue weighted by Crippen LogP contribution is 2.22. The number of carbonyl (C=O) groups is 3. The van der Waals surface area contributed by atoms with Crippen molar-refractivity contribution in [3.05, 3.63) is 29.3 Å². The maximum atomic E-state index is 11.1. The molecule has 0 spiro atoms. The van der Waals surface area contributed by atoms with Gasteiger partial charge in [0.25, 0.3) is 5.91 Å². The van der Waals surface area contributed by atoms with E-state index in [9.17, 15) is 14.4 Å². The zero-order chi connectivity index (χ0) is 11.0. The summed E-state index contributed by atoms with van der Waals surface area (Å²) >= 11 is 0. The molecule has 2 rings (SSSR count). The van der Waals surface area contributed by atoms with Crippen LogP contribution in [0.15, 0.2) is 18.2 Å². The van der Waals surface area contributed by atoms with E-state index in [0.717, 1.165) is 0 Å². The van der Waals surface area contributed by atoms with Gasteiger partial charge in [-0.25, -0.2) is 4.79 Å². The van der Waals surface area contributed by atoms with E-state index in [0.29, 0.717) is 11.3 Å². The van der Waals surface area contributed by atoms with Crippen molar-refractivity contribution in [1.82, 2.24) is 0 Å². The van der Waals surface area contributed by atoms with Crippen LogP contribution < -0.4 is 5.32 Å². The minimum atomic E-state index is -1.05. The fourth-order valence-corrected chi connectivity index (χ4v) is 1.44. The number of amides is 1. The molecule has 0 saturated heterocycles. The average Bonchev–Trinajstić information content (AvgIpc) is 2.19. The molecule has 0 atom stereocenters. The molecule has 0 unspecified atom stereocenters. The van der Waals surface area contributed by atoms with Crippen LogP contribution in [0.2, 0.25) is 0 Å². The van der Waals surface area contributed by atoms with Crippen LogP contribution in [0, 0.1) is 0 Å². The fraction of sp³-hybridized carbons (Fsp3) is 0.100. The third kappa shape index (κ3) is 1.59. The molecule has 1 aliphatic heterocycles. The molecule has 76 valence electrons. The molecule has 1 aliphatic rings. The Kier molecular flexibility index (Phi) is 2.00. The molecule has 1 aromatic rings. The molecular weight excluding hydrogens is 198 g/mol. The Balaban J connectivity index is 2.46. The molecule has 15 heavy (non-hydrogen) atoms. The van der Waals surface area contributed by atoms with Crippen LogP contribution in [-0.4, -0.2) is 22.8 Å². The molecule has 5 nitrogen and oxygen atoms in total. The van der Waals surface area contributed by atoms with Crippen LogP contribution in [0.5, 0.6) is 0 Å². The number of carboxylic acid groups (broad SMARTS) is 1. The van der Waals surface area contributed by atoms with Gasteiger partial charge >= 0.3 is 5.97 Å². The first kappa shape index (κ1) is 9.39. The van der Waals surface area contributed by atoms with Crippen molar-refractivity contribution in [2.45, 2.75) is 6.42 Å². The third-order valence-electron chi connectivity index (χ3n) is 2.20. The topological polar surface area (TPSA) is 83.5 Å². The Morgan fingerprint density at radius 1 is 1.33 bits per heavy atom. The largest absolute Gasteiger partial charge is 0.478 e. The van der Waals surface area contributed by atoms with Crippen molar-refractivity contribution >= 4 is 23.3 Å². The Morgan fingerprint density at radius 3 is 2.73 bits per heavy atom. The van der Waals surface area contributed by atoms with Crippen molar-refractivity contribution in [2.24, 2.45) is 0 Å². The van der Waals surface area contributed by atoms with E-state index in [1.165, 1.54) is 18.2 Å². The third-order valence-corrected chi connectivity index (χ3v) is 2.20. The second kappa shape index (κ2) is 3.20. The first-order valence-electron chi connectivity index (χ1n) is 4.28. The highest BCUT2D eigenvalue weighted by atomic mass is 16.4. The molecule has 0 bridgehead atoms. The van der Waals surface area contributed by atoms with E-state index in [1.807, 2.05) is 0 Å². The average molecular weight is 205 g/mol. The lowest BCUT2D eigenvalue weighted by Crippen LogP contribution is -2.29. The van der Waals surface area contributed by atoms with Gasteiger partial charge in [-0.1, -0.05) is 0 Å². The number of nitrogens with one attached hydrogen (secondary N) is 1. The number of rotatable bonds is 1. The van der Waals surface area contributed by atoms with Gasteiger partial charge in [0.1, 0.15) is 0 Å². The van der Waals surface area contributed by atoms with Crippen LogP contribution in [0.25, 0.3) is 0 Å². The number of ketones is 1. The van der Waals surface area contributed by atoms with Crippen LogP contribution in [0.1, 0.15) is 15.9 Å². The summed E-state index contributed by atoms with van der Waals surface area (Å²) in [5.41, 5.74) is 1.15. The minimum absolute atomic E-state index is 0.0394. The molecule has 0 fully saturated rings. The van der Waals surface area contributed by atoms with Crippen molar-refractivity contribution in [3.8, 4) is 0 Å². The number of Topliss-reactive ketones (excluding diaryl/α,β-unsaturated/α-hetero) is 1. The number of benzene rings is 1. The second-order valence-corrected chi connectivity index (χ2v) is 3.23. The lowest BCUT2D eigenvalue weighted by molar-refractivity contribution is -0.134. The standard InChI is InChI=1S/C10H7NO4/c12-8-4-6-3-5(10(14)15)1-2-7(6)11-9(8)13/h1-3H,4H2,(H,11,13)(H,14,15). The highest BCUT2D eigenvalue weighted by Gasteiger charge is 2.23. The smallest absolute Gasteiger partial charge is 0.335 e. The molecule has 0 radical (unpaired) electrons. The summed E-state index contributed by atoms with van der Waals surface area (Å²) in [5.74, 6) is -2.25. The Hall–Kier alpha value is -2.17. The maximum absolute atomic E-state index is 11.1. The summed E-state index contributed by atoms with van der Waals surface area (Å²) in [5, 5.41) is 11.1. The molecular formula is C10H7NO4. The number of fused-ring (bicyclic) bond motifs is 1. The van der Waals surface area contributed by atoms with Crippen LogP contribution in [-0.2, 0) is 16.0 Å². The summed E-state index contributed by atoms with van der Waals surface area (Å²) in [6, 6.07) is 4.27. The summed E-state index contributed by atoms with van der Waals surface area (Å²) < 4.78 is 0. The van der Waals surface area contributed by atoms with Gasteiger partial charge in [-0.05, 0) is 23.8 Å². The number of carbonyl (C=O) groups excluding carboxylic acids is 2. The van der Waals surface area contributed by atoms with Crippen molar-refractivity contribution in [2.75, 3.05) is 5.32 Å². The van der Waals surface area contributed by atoms with Gasteiger partial charge in [-0.3, -0.25) is 9.59 Å². The van der Waals surface area contributed by atoms with Crippen LogP contribution in [0.3, 0.4) is 0 Å². The Bertz CT molecular complexity index is 478. The first-order valence-corrected chi connectivity index (χ1v) is 4.28. The van der Waals surface area contributed by atoms with E-state index < -0.39 is 17.7 Å². The normalized spacial score (nSPS) is 14.4. The van der Waals surface area contributed by atoms with Gasteiger partial charge in [0.15, 0.2) is 0 Å². The van der Waals surface area contributed by atoms with Gasteiger partial charge in [-0.2, -0.15) is 0 Å². The van der Waals surface area contributed by atoms with Gasteiger partial charge in [0.2, 0.25) is 5.78 Å². The van der Waals surface area contributed by atoms with Gasteiger partial charge in [-0.15, -0.1) is 0 Å². The van der Waals surface area contributed by atoms with Gasteiger partial charge < -0.3 is 10.4 Å². The monoisotopic (exact) mass is 205 g/mol. The zero-order valence-electron chi connectivity index (χ0n) is 7.61. The van der Waals surface area contributed by atoms with Crippen molar-refractivity contribution in [1.29, 1.82) is 0 Å². The van der Waals surface area contributed by atoms with Crippen molar-refractivity contribution < 1.29 is 19.5 Å². The summed E-state index contributed by atoms with van der Waals surface area (Å²) in [6.45, 7) is 0. The number of carboxylic acids is 1. The quantitative estimate of drug-likeness (QED) is 0.652. The molecule has 0 aliphatic carbocycles. The number of aromatic carboxylic acids is 1. The van der Waals surface area contributed by atoms with Crippen LogP contribution in [0.4, 0.5) is 5.69 Å². The number of hydrogen-bond acceptors (Lipinski definition) is 3. The van der Waals surface area contributed by atoms with Crippen molar-refractivity contribution in [3.63, 3.8) is 0 Å². The maximum Gasteiger partial charge on any atom is 0.335 e.